The molecule has 0 radical (unpaired) electrons. The highest BCUT2D eigenvalue weighted by Crippen LogP contribution is 2.16. The zero-order chi connectivity index (χ0) is 40.8. The number of hydrogen-bond donors (Lipinski definition) is 4. The Balaban J connectivity index is 3.61. The van der Waals surface area contributed by atoms with Gasteiger partial charge in [-0.05, 0) is 44.9 Å². The first-order chi connectivity index (χ1) is 27.5. The minimum Gasteiger partial charge on any atom is -0.394 e. The molecule has 0 aromatic heterocycles. The summed E-state index contributed by atoms with van der Waals surface area (Å²) in [6.45, 7) is 4.24. The van der Waals surface area contributed by atoms with Crippen molar-refractivity contribution < 1.29 is 20.1 Å². The van der Waals surface area contributed by atoms with Crippen LogP contribution in [-0.2, 0) is 4.79 Å². The fraction of sp³-hybridized carbons (Fsp3) is 0.902. The molecule has 0 aromatic rings. The molecule has 0 saturated carbocycles. The minimum absolute atomic E-state index is 0.0129. The highest BCUT2D eigenvalue weighted by molar-refractivity contribution is 5.76. The predicted octanol–water partition coefficient (Wildman–Crippen LogP) is 14.9. The number of aliphatic hydroxyl groups is 3. The summed E-state index contributed by atoms with van der Waals surface area (Å²) in [5, 5.41) is 33.4. The fourth-order valence-electron chi connectivity index (χ4n) is 7.87. The molecule has 0 saturated heterocycles. The Morgan fingerprint density at radius 1 is 0.446 bits per heavy atom. The first-order valence-electron chi connectivity index (χ1n) is 25.1. The summed E-state index contributed by atoms with van der Waals surface area (Å²) in [5.74, 6) is -0.315. The Morgan fingerprint density at radius 2 is 0.750 bits per heavy atom. The quantitative estimate of drug-likeness (QED) is 0.0365. The first kappa shape index (κ1) is 54.8. The summed E-state index contributed by atoms with van der Waals surface area (Å²) in [7, 11) is 0. The SMILES string of the molecule is CCCCCCCCCCCCCC/C=C\CCCCCCCCCC(O)CC(=O)NC(CO)C(O)/C=C/CCCCCCCCCCCCCCCCCC. The van der Waals surface area contributed by atoms with E-state index in [-0.39, 0.29) is 18.9 Å². The lowest BCUT2D eigenvalue weighted by Crippen LogP contribution is -2.45. The summed E-state index contributed by atoms with van der Waals surface area (Å²) in [4.78, 5) is 12.5. The van der Waals surface area contributed by atoms with Crippen molar-refractivity contribution in [2.24, 2.45) is 0 Å². The molecule has 5 nitrogen and oxygen atoms in total. The predicted molar refractivity (Wildman–Crippen MR) is 245 cm³/mol. The van der Waals surface area contributed by atoms with Gasteiger partial charge in [-0.25, -0.2) is 0 Å². The first-order valence-corrected chi connectivity index (χ1v) is 25.1. The van der Waals surface area contributed by atoms with Crippen molar-refractivity contribution in [1.29, 1.82) is 0 Å². The largest absolute Gasteiger partial charge is 0.394 e. The van der Waals surface area contributed by atoms with E-state index >= 15 is 0 Å². The number of aliphatic hydroxyl groups excluding tert-OH is 3. The fourth-order valence-corrected chi connectivity index (χ4v) is 7.87. The summed E-state index contributed by atoms with van der Waals surface area (Å²) < 4.78 is 0. The van der Waals surface area contributed by atoms with E-state index in [0.717, 1.165) is 25.7 Å². The standard InChI is InChI=1S/C51H99NO4/c1-3-5-7-9-11-13-15-17-19-21-23-24-25-26-27-28-30-32-34-36-38-40-42-44-48(54)46-51(56)52-49(47-53)50(55)45-43-41-39-37-35-33-31-29-22-20-18-16-14-12-10-8-6-4-2/h26-27,43,45,48-50,53-55H,3-25,28-42,44,46-47H2,1-2H3,(H,52,56)/b27-26-,45-43+. The monoisotopic (exact) mass is 790 g/mol. The third-order valence-corrected chi connectivity index (χ3v) is 11.7. The van der Waals surface area contributed by atoms with Crippen molar-refractivity contribution >= 4 is 5.91 Å². The smallest absolute Gasteiger partial charge is 0.222 e. The molecule has 0 bridgehead atoms. The van der Waals surface area contributed by atoms with Crippen LogP contribution < -0.4 is 5.32 Å². The van der Waals surface area contributed by atoms with Gasteiger partial charge in [0.1, 0.15) is 0 Å². The van der Waals surface area contributed by atoms with Gasteiger partial charge in [-0.1, -0.05) is 244 Å². The molecule has 0 rings (SSSR count). The number of hydrogen-bond acceptors (Lipinski definition) is 4. The molecule has 0 aliphatic heterocycles. The van der Waals surface area contributed by atoms with Gasteiger partial charge in [-0.2, -0.15) is 0 Å². The topological polar surface area (TPSA) is 89.8 Å². The van der Waals surface area contributed by atoms with Crippen molar-refractivity contribution in [2.45, 2.75) is 289 Å². The number of allylic oxidation sites excluding steroid dienone is 3. The van der Waals surface area contributed by atoms with Gasteiger partial charge in [0.05, 0.1) is 31.3 Å². The van der Waals surface area contributed by atoms with Crippen LogP contribution >= 0.6 is 0 Å². The van der Waals surface area contributed by atoms with Crippen LogP contribution in [0.2, 0.25) is 0 Å². The number of rotatable bonds is 46. The van der Waals surface area contributed by atoms with E-state index in [1.807, 2.05) is 6.08 Å². The van der Waals surface area contributed by atoms with Crippen LogP contribution in [-0.4, -0.2) is 46.1 Å². The van der Waals surface area contributed by atoms with Crippen LogP contribution in [0.5, 0.6) is 0 Å². The summed E-state index contributed by atoms with van der Waals surface area (Å²) >= 11 is 0. The van der Waals surface area contributed by atoms with E-state index in [4.69, 9.17) is 0 Å². The van der Waals surface area contributed by atoms with Crippen LogP contribution in [0.4, 0.5) is 0 Å². The summed E-state index contributed by atoms with van der Waals surface area (Å²) in [6, 6.07) is -0.744. The Kier molecular flexibility index (Phi) is 45.5. The molecule has 1 amide bonds. The molecule has 0 aromatic carbocycles. The maximum atomic E-state index is 12.5. The highest BCUT2D eigenvalue weighted by atomic mass is 16.3. The van der Waals surface area contributed by atoms with Crippen molar-refractivity contribution in [1.82, 2.24) is 5.32 Å². The average Bonchev–Trinajstić information content (AvgIpc) is 3.19. The van der Waals surface area contributed by atoms with Crippen molar-refractivity contribution in [3.63, 3.8) is 0 Å². The Labute approximate surface area is 350 Å². The van der Waals surface area contributed by atoms with Crippen LogP contribution in [0.15, 0.2) is 24.3 Å². The molecule has 0 aliphatic carbocycles. The Bertz CT molecular complexity index is 829. The molecule has 0 fully saturated rings. The van der Waals surface area contributed by atoms with E-state index in [9.17, 15) is 20.1 Å². The summed E-state index contributed by atoms with van der Waals surface area (Å²) in [5.41, 5.74) is 0. The maximum Gasteiger partial charge on any atom is 0.222 e. The normalized spacial score (nSPS) is 13.6. The molecule has 4 N–H and O–H groups in total. The molecule has 3 atom stereocenters. The van der Waals surface area contributed by atoms with Gasteiger partial charge in [0.2, 0.25) is 5.91 Å². The molecule has 3 unspecified atom stereocenters. The minimum atomic E-state index is -0.928. The van der Waals surface area contributed by atoms with E-state index in [1.165, 1.54) is 218 Å². The zero-order valence-corrected chi connectivity index (χ0v) is 37.8. The van der Waals surface area contributed by atoms with E-state index in [0.29, 0.717) is 6.42 Å². The number of nitrogens with one attached hydrogen (secondary N) is 1. The van der Waals surface area contributed by atoms with Crippen molar-refractivity contribution in [3.8, 4) is 0 Å². The van der Waals surface area contributed by atoms with Gasteiger partial charge < -0.3 is 20.6 Å². The number of unbranched alkanes of at least 4 members (excludes halogenated alkanes) is 35. The highest BCUT2D eigenvalue weighted by Gasteiger charge is 2.20. The second kappa shape index (κ2) is 46.5. The lowest BCUT2D eigenvalue weighted by molar-refractivity contribution is -0.124. The van der Waals surface area contributed by atoms with Crippen molar-refractivity contribution in [3.05, 3.63) is 24.3 Å². The van der Waals surface area contributed by atoms with Gasteiger partial charge in [0.25, 0.3) is 0 Å². The van der Waals surface area contributed by atoms with Crippen LogP contribution in [0.1, 0.15) is 271 Å². The molecule has 0 spiro atoms. The Morgan fingerprint density at radius 3 is 1.09 bits per heavy atom. The average molecular weight is 790 g/mol. The summed E-state index contributed by atoms with van der Waals surface area (Å²) in [6.07, 6.45) is 57.7. The van der Waals surface area contributed by atoms with Gasteiger partial charge in [0, 0.05) is 0 Å². The second-order valence-electron chi connectivity index (χ2n) is 17.4. The molecule has 56 heavy (non-hydrogen) atoms. The van der Waals surface area contributed by atoms with E-state index < -0.39 is 18.2 Å². The number of amides is 1. The Hall–Kier alpha value is -1.17. The van der Waals surface area contributed by atoms with Gasteiger partial charge in [-0.15, -0.1) is 0 Å². The van der Waals surface area contributed by atoms with Gasteiger partial charge >= 0.3 is 0 Å². The third-order valence-electron chi connectivity index (χ3n) is 11.7. The van der Waals surface area contributed by atoms with Crippen LogP contribution in [0.25, 0.3) is 0 Å². The van der Waals surface area contributed by atoms with Gasteiger partial charge in [0.15, 0.2) is 0 Å². The lowest BCUT2D eigenvalue weighted by atomic mass is 10.0. The second-order valence-corrected chi connectivity index (χ2v) is 17.4. The van der Waals surface area contributed by atoms with Crippen LogP contribution in [0, 0.1) is 0 Å². The number of carbonyl (C=O) groups is 1. The molecular weight excluding hydrogens is 691 g/mol. The molecule has 5 heteroatoms. The number of carbonyl (C=O) groups excluding carboxylic acids is 1. The van der Waals surface area contributed by atoms with Gasteiger partial charge in [-0.3, -0.25) is 4.79 Å². The van der Waals surface area contributed by atoms with E-state index in [2.05, 4.69) is 31.3 Å². The molecule has 0 aliphatic rings. The van der Waals surface area contributed by atoms with Crippen molar-refractivity contribution in [2.75, 3.05) is 6.61 Å². The zero-order valence-electron chi connectivity index (χ0n) is 37.8. The van der Waals surface area contributed by atoms with E-state index in [1.54, 1.807) is 6.08 Å². The maximum absolute atomic E-state index is 12.5. The molecule has 332 valence electrons. The molecule has 0 heterocycles. The molecular formula is C51H99NO4. The lowest BCUT2D eigenvalue weighted by Gasteiger charge is -2.21. The van der Waals surface area contributed by atoms with Crippen LogP contribution in [0.3, 0.4) is 0 Å². The third kappa shape index (κ3) is 42.4.